The Labute approximate surface area is 398 Å². The molecule has 328 valence electrons. The minimum Gasteiger partial charge on any atom is -0.748 e. The second-order valence-electron chi connectivity index (χ2n) is 17.5. The molecule has 0 saturated heterocycles. The standard InChI is InChI=1S/C49H56N2O8S3.Na/c1-48(2)42(50(29-9-11-32-61(54,55)56)40-24-20-34-14-5-7-18-38(34)45(40)48)26-22-36-16-13-17-37(47(36)60-31-28-44(52)53)23-27-43-49(3,4)46-39-19-8-6-15-35(39)21-25-41(46)51(43)30-10-12-33-62(57,58)59;/h5-8,14-15,18-27H,9-13,16-17,28-33H2,1-4H3,(H2-,52,53,54,55,56,57,58,59);/q;+1. The Hall–Kier alpha value is -3.53. The Balaban J connectivity index is 0.00000661. The van der Waals surface area contributed by atoms with Crippen LogP contribution in [0.4, 0.5) is 11.4 Å². The quantitative estimate of drug-likeness (QED) is 0.0482. The third-order valence-corrected chi connectivity index (χ3v) is 15.3. The van der Waals surface area contributed by atoms with E-state index < -0.39 is 42.8 Å². The topological polar surface area (TPSA) is 155 Å². The third kappa shape index (κ3) is 11.0. The number of unbranched alkanes of at least 4 members (excludes halogenated alkanes) is 2. The molecule has 0 fully saturated rings. The Morgan fingerprint density at radius 1 is 0.810 bits per heavy atom. The number of hydrogen-bond donors (Lipinski definition) is 2. The van der Waals surface area contributed by atoms with Crippen LogP contribution in [0.15, 0.2) is 119 Å². The number of anilines is 1. The van der Waals surface area contributed by atoms with Crippen LogP contribution < -0.4 is 34.5 Å². The van der Waals surface area contributed by atoms with Crippen molar-refractivity contribution < 1.29 is 70.0 Å². The molecule has 3 aliphatic rings. The van der Waals surface area contributed by atoms with Gasteiger partial charge in [0.05, 0.1) is 27.7 Å². The van der Waals surface area contributed by atoms with Crippen LogP contribution in [0, 0.1) is 0 Å². The number of rotatable bonds is 17. The first-order valence-electron chi connectivity index (χ1n) is 21.4. The number of carbonyl (C=O) groups is 1. The van der Waals surface area contributed by atoms with Crippen molar-refractivity contribution in [3.05, 3.63) is 130 Å². The normalized spacial score (nSPS) is 18.5. The van der Waals surface area contributed by atoms with E-state index >= 15 is 0 Å². The van der Waals surface area contributed by atoms with Gasteiger partial charge in [-0.05, 0) is 109 Å². The van der Waals surface area contributed by atoms with Gasteiger partial charge in [0.2, 0.25) is 5.69 Å². The SMILES string of the molecule is CC1(C)C(=CC=C2CCCC(C=CC3=[N+](CCCCS(=O)(=O)O)c4ccc5ccccc5c4C3(C)C)=C2SCCC(=O)O)N(CCCCS(=O)(=O)[O-])c2ccc3ccccc3c21.[Na+]. The molecule has 2 heterocycles. The Kier molecular flexibility index (Phi) is 15.5. The van der Waals surface area contributed by atoms with Crippen molar-refractivity contribution >= 4 is 76.6 Å². The van der Waals surface area contributed by atoms with E-state index in [9.17, 15) is 35.8 Å². The van der Waals surface area contributed by atoms with Crippen LogP contribution in [0.2, 0.25) is 0 Å². The smallest absolute Gasteiger partial charge is 0.748 e. The van der Waals surface area contributed by atoms with Gasteiger partial charge in [-0.15, -0.1) is 11.8 Å². The van der Waals surface area contributed by atoms with Crippen molar-refractivity contribution in [2.75, 3.05) is 35.2 Å². The molecule has 63 heavy (non-hydrogen) atoms. The molecule has 14 heteroatoms. The molecule has 4 aromatic rings. The van der Waals surface area contributed by atoms with E-state index in [1.54, 1.807) is 11.8 Å². The molecule has 0 spiro atoms. The monoisotopic (exact) mass is 919 g/mol. The molecule has 7 rings (SSSR count). The van der Waals surface area contributed by atoms with Crippen molar-refractivity contribution in [3.63, 3.8) is 0 Å². The number of nitrogens with zero attached hydrogens (tertiary/aromatic N) is 2. The van der Waals surface area contributed by atoms with Gasteiger partial charge in [0.1, 0.15) is 6.54 Å². The molecule has 0 saturated carbocycles. The second kappa shape index (κ2) is 19.9. The molecule has 0 atom stereocenters. The van der Waals surface area contributed by atoms with E-state index in [4.69, 9.17) is 0 Å². The number of aliphatic carboxylic acids is 1. The zero-order valence-electron chi connectivity index (χ0n) is 36.9. The Bertz CT molecular complexity index is 2800. The van der Waals surface area contributed by atoms with E-state index in [1.165, 1.54) is 11.1 Å². The largest absolute Gasteiger partial charge is 1.00 e. The van der Waals surface area contributed by atoms with Gasteiger partial charge in [0, 0.05) is 63.9 Å². The molecular weight excluding hydrogens is 864 g/mol. The molecule has 4 aromatic carbocycles. The summed E-state index contributed by atoms with van der Waals surface area (Å²) in [7, 11) is -8.40. The van der Waals surface area contributed by atoms with Gasteiger partial charge in [-0.1, -0.05) is 80.6 Å². The predicted molar refractivity (Wildman–Crippen MR) is 251 cm³/mol. The maximum atomic E-state index is 11.8. The summed E-state index contributed by atoms with van der Waals surface area (Å²) in [6.07, 6.45) is 13.0. The number of carboxylic acids is 1. The summed E-state index contributed by atoms with van der Waals surface area (Å²) >= 11 is 1.57. The van der Waals surface area contributed by atoms with Crippen molar-refractivity contribution in [1.29, 1.82) is 0 Å². The summed E-state index contributed by atoms with van der Waals surface area (Å²) in [6.45, 7) is 9.99. The number of benzene rings is 4. The number of allylic oxidation sites excluding steroid dienone is 7. The Morgan fingerprint density at radius 2 is 1.46 bits per heavy atom. The van der Waals surface area contributed by atoms with Crippen LogP contribution >= 0.6 is 11.8 Å². The van der Waals surface area contributed by atoms with E-state index in [2.05, 4.69) is 110 Å². The summed E-state index contributed by atoms with van der Waals surface area (Å²) in [5.41, 5.74) is 8.13. The molecule has 0 aromatic heterocycles. The van der Waals surface area contributed by atoms with Crippen molar-refractivity contribution in [2.45, 2.75) is 89.9 Å². The zero-order chi connectivity index (χ0) is 44.5. The minimum absolute atomic E-state index is 0. The van der Waals surface area contributed by atoms with E-state index in [0.717, 1.165) is 79.6 Å². The van der Waals surface area contributed by atoms with Crippen LogP contribution in [-0.4, -0.2) is 77.7 Å². The first kappa shape index (κ1) is 48.9. The second-order valence-corrected chi connectivity index (χ2v) is 21.7. The molecule has 0 radical (unpaired) electrons. The summed E-state index contributed by atoms with van der Waals surface area (Å²) in [6, 6.07) is 25.2. The van der Waals surface area contributed by atoms with Crippen LogP contribution in [0.1, 0.15) is 90.2 Å². The van der Waals surface area contributed by atoms with E-state index in [0.29, 0.717) is 38.1 Å². The fourth-order valence-corrected chi connectivity index (χ4v) is 12.0. The van der Waals surface area contributed by atoms with Gasteiger partial charge >= 0.3 is 35.5 Å². The molecule has 0 amide bonds. The van der Waals surface area contributed by atoms with Gasteiger partial charge in [-0.3, -0.25) is 9.35 Å². The molecule has 1 aliphatic carbocycles. The van der Waals surface area contributed by atoms with Crippen molar-refractivity contribution in [1.82, 2.24) is 0 Å². The summed E-state index contributed by atoms with van der Waals surface area (Å²) in [5.74, 6) is -1.14. The summed E-state index contributed by atoms with van der Waals surface area (Å²) in [4.78, 5) is 15.1. The first-order valence-corrected chi connectivity index (χ1v) is 25.6. The number of fused-ring (bicyclic) bond motifs is 6. The molecule has 0 bridgehead atoms. The minimum atomic E-state index is -4.32. The number of carboxylic acid groups (broad SMARTS) is 1. The molecule has 10 nitrogen and oxygen atoms in total. The van der Waals surface area contributed by atoms with Crippen LogP contribution in [-0.2, 0) is 35.9 Å². The first-order chi connectivity index (χ1) is 29.4. The van der Waals surface area contributed by atoms with E-state index in [-0.39, 0.29) is 48.2 Å². The van der Waals surface area contributed by atoms with E-state index in [1.807, 2.05) is 24.3 Å². The average molecular weight is 920 g/mol. The maximum absolute atomic E-state index is 11.8. The van der Waals surface area contributed by atoms with Crippen LogP contribution in [0.3, 0.4) is 0 Å². The number of hydrogen-bond acceptors (Lipinski definition) is 8. The van der Waals surface area contributed by atoms with Crippen molar-refractivity contribution in [3.8, 4) is 0 Å². The summed E-state index contributed by atoms with van der Waals surface area (Å²) < 4.78 is 69.3. The summed E-state index contributed by atoms with van der Waals surface area (Å²) in [5, 5.41) is 14.2. The van der Waals surface area contributed by atoms with Crippen LogP contribution in [0.5, 0.6) is 0 Å². The fraction of sp³-hybridized carbons (Fsp3) is 0.388. The van der Waals surface area contributed by atoms with Gasteiger partial charge in [0.25, 0.3) is 10.1 Å². The molecule has 2 N–H and O–H groups in total. The number of thioether (sulfide) groups is 1. The third-order valence-electron chi connectivity index (χ3n) is 12.5. The fourth-order valence-electron chi connectivity index (χ4n) is 9.66. The molecular formula is C49H56N2NaO8S3+. The Morgan fingerprint density at radius 3 is 2.13 bits per heavy atom. The van der Waals surface area contributed by atoms with Gasteiger partial charge in [-0.2, -0.15) is 13.0 Å². The zero-order valence-corrected chi connectivity index (χ0v) is 41.3. The maximum Gasteiger partial charge on any atom is 1.00 e. The predicted octanol–water partition coefficient (Wildman–Crippen LogP) is 7.18. The average Bonchev–Trinajstić information content (AvgIpc) is 3.57. The van der Waals surface area contributed by atoms with Gasteiger partial charge in [-0.25, -0.2) is 8.42 Å². The molecule has 0 unspecified atom stereocenters. The molecule has 2 aliphatic heterocycles. The van der Waals surface area contributed by atoms with Crippen LogP contribution in [0.25, 0.3) is 21.5 Å². The van der Waals surface area contributed by atoms with Crippen molar-refractivity contribution in [2.24, 2.45) is 0 Å². The van der Waals surface area contributed by atoms with Gasteiger partial charge in [0.15, 0.2) is 5.71 Å². The van der Waals surface area contributed by atoms with Gasteiger partial charge < -0.3 is 14.6 Å².